The van der Waals surface area contributed by atoms with Gasteiger partial charge in [0.15, 0.2) is 5.60 Å². The molecular formula is C25H46O3. The number of hydrogen-bond acceptors (Lipinski definition) is 3. The Hall–Kier alpha value is -0.570. The highest BCUT2D eigenvalue weighted by Gasteiger charge is 2.60. The second-order valence-corrected chi connectivity index (χ2v) is 9.65. The largest absolute Gasteiger partial charge is 0.467 e. The molecule has 0 spiro atoms. The lowest BCUT2D eigenvalue weighted by Crippen LogP contribution is -2.29. The van der Waals surface area contributed by atoms with Gasteiger partial charge >= 0.3 is 5.97 Å². The van der Waals surface area contributed by atoms with Crippen LogP contribution in [0.25, 0.3) is 0 Å². The van der Waals surface area contributed by atoms with Gasteiger partial charge in [0.1, 0.15) is 0 Å². The Morgan fingerprint density at radius 2 is 1.21 bits per heavy atom. The lowest BCUT2D eigenvalue weighted by molar-refractivity contribution is -0.147. The third-order valence-electron chi connectivity index (χ3n) is 6.98. The van der Waals surface area contributed by atoms with Crippen LogP contribution in [0.1, 0.15) is 129 Å². The minimum atomic E-state index is -0.569. The Labute approximate surface area is 174 Å². The van der Waals surface area contributed by atoms with E-state index in [2.05, 4.69) is 6.92 Å². The van der Waals surface area contributed by atoms with E-state index in [1.54, 1.807) is 0 Å². The predicted molar refractivity (Wildman–Crippen MR) is 117 cm³/mol. The van der Waals surface area contributed by atoms with Crippen LogP contribution in [0.3, 0.4) is 0 Å². The lowest BCUT2D eigenvalue weighted by Gasteiger charge is -2.18. The van der Waals surface area contributed by atoms with Crippen molar-refractivity contribution in [3.8, 4) is 0 Å². The van der Waals surface area contributed by atoms with Crippen molar-refractivity contribution in [2.24, 2.45) is 5.41 Å². The number of carbonyl (C=O) groups excluding carboxylic acids is 1. The van der Waals surface area contributed by atoms with Crippen molar-refractivity contribution in [2.45, 2.75) is 135 Å². The van der Waals surface area contributed by atoms with Gasteiger partial charge in [-0.15, -0.1) is 0 Å². The van der Waals surface area contributed by atoms with Gasteiger partial charge in [-0.05, 0) is 31.1 Å². The van der Waals surface area contributed by atoms with Crippen LogP contribution < -0.4 is 0 Å². The number of esters is 1. The molecule has 0 aromatic rings. The fraction of sp³-hybridized carbons (Fsp3) is 0.960. The summed E-state index contributed by atoms with van der Waals surface area (Å²) in [7, 11) is 1.47. The Bertz CT molecular complexity index is 424. The van der Waals surface area contributed by atoms with E-state index in [4.69, 9.17) is 9.47 Å². The quantitative estimate of drug-likeness (QED) is 0.130. The summed E-state index contributed by atoms with van der Waals surface area (Å²) in [6.45, 7) is 2.86. The Kier molecular flexibility index (Phi) is 10.9. The first kappa shape index (κ1) is 23.7. The number of hydrogen-bond donors (Lipinski definition) is 0. The lowest BCUT2D eigenvalue weighted by atomic mass is 9.87. The fourth-order valence-corrected chi connectivity index (χ4v) is 4.73. The summed E-state index contributed by atoms with van der Waals surface area (Å²) in [5.41, 5.74) is -0.179. The molecule has 0 aromatic carbocycles. The molecule has 1 unspecified atom stereocenters. The number of epoxide rings is 1. The molecule has 0 radical (unpaired) electrons. The van der Waals surface area contributed by atoms with Crippen LogP contribution in [0, 0.1) is 5.41 Å². The highest BCUT2D eigenvalue weighted by molar-refractivity contribution is 5.82. The SMILES string of the molecule is CCCCCCCCCCCCCCCCCC1(CC2(C(=O)OC)CO2)CC1. The van der Waals surface area contributed by atoms with Crippen molar-refractivity contribution in [1.29, 1.82) is 0 Å². The first-order valence-electron chi connectivity index (χ1n) is 12.4. The third-order valence-corrected chi connectivity index (χ3v) is 6.98. The molecule has 3 nitrogen and oxygen atoms in total. The summed E-state index contributed by atoms with van der Waals surface area (Å²) >= 11 is 0. The number of rotatable bonds is 19. The second-order valence-electron chi connectivity index (χ2n) is 9.65. The van der Waals surface area contributed by atoms with Crippen LogP contribution in [-0.4, -0.2) is 25.3 Å². The molecule has 28 heavy (non-hydrogen) atoms. The Balaban J connectivity index is 1.34. The molecule has 2 aliphatic rings. The first-order valence-corrected chi connectivity index (χ1v) is 12.4. The summed E-state index contributed by atoms with van der Waals surface area (Å²) < 4.78 is 10.4. The van der Waals surface area contributed by atoms with Gasteiger partial charge in [0.25, 0.3) is 0 Å². The normalized spacial score (nSPS) is 22.2. The number of carbonyl (C=O) groups is 1. The minimum Gasteiger partial charge on any atom is -0.467 e. The van der Waals surface area contributed by atoms with Gasteiger partial charge in [0, 0.05) is 0 Å². The van der Waals surface area contributed by atoms with E-state index in [1.165, 1.54) is 123 Å². The second kappa shape index (κ2) is 12.9. The average Bonchev–Trinajstić information content (AvgIpc) is 3.63. The molecule has 0 amide bonds. The number of methoxy groups -OCH3 is 1. The smallest absolute Gasteiger partial charge is 0.340 e. The number of ether oxygens (including phenoxy) is 2. The van der Waals surface area contributed by atoms with Gasteiger partial charge in [0.2, 0.25) is 0 Å². The maximum absolute atomic E-state index is 11.9. The molecule has 2 rings (SSSR count). The summed E-state index contributed by atoms with van der Waals surface area (Å²) in [5, 5.41) is 0. The zero-order valence-electron chi connectivity index (χ0n) is 18.9. The van der Waals surface area contributed by atoms with Crippen LogP contribution in [0.5, 0.6) is 0 Å². The highest BCUT2D eigenvalue weighted by atomic mass is 16.6. The molecule has 1 saturated heterocycles. The van der Waals surface area contributed by atoms with Gasteiger partial charge in [-0.1, -0.05) is 103 Å². The van der Waals surface area contributed by atoms with Crippen molar-refractivity contribution in [1.82, 2.24) is 0 Å². The third kappa shape index (κ3) is 8.84. The zero-order valence-corrected chi connectivity index (χ0v) is 18.9. The van der Waals surface area contributed by atoms with Crippen LogP contribution >= 0.6 is 0 Å². The molecule has 0 N–H and O–H groups in total. The van der Waals surface area contributed by atoms with Crippen LogP contribution in [0.4, 0.5) is 0 Å². The van der Waals surface area contributed by atoms with Crippen molar-refractivity contribution >= 4 is 5.97 Å². The fourth-order valence-electron chi connectivity index (χ4n) is 4.73. The Morgan fingerprint density at radius 3 is 1.57 bits per heavy atom. The number of unbranched alkanes of at least 4 members (excludes halogenated alkanes) is 14. The summed E-state index contributed by atoms with van der Waals surface area (Å²) in [5.74, 6) is -0.157. The van der Waals surface area contributed by atoms with Crippen molar-refractivity contribution in [2.75, 3.05) is 13.7 Å². The molecule has 3 heteroatoms. The van der Waals surface area contributed by atoms with Gasteiger partial charge in [-0.25, -0.2) is 4.79 Å². The minimum absolute atomic E-state index is 0.157. The van der Waals surface area contributed by atoms with E-state index < -0.39 is 5.60 Å². The molecule has 1 atom stereocenters. The monoisotopic (exact) mass is 394 g/mol. The van der Waals surface area contributed by atoms with Crippen LogP contribution in [0.15, 0.2) is 0 Å². The topological polar surface area (TPSA) is 38.8 Å². The molecule has 0 bridgehead atoms. The summed E-state index contributed by atoms with van der Waals surface area (Å²) in [6, 6.07) is 0. The maximum Gasteiger partial charge on any atom is 0.340 e. The molecule has 164 valence electrons. The van der Waals surface area contributed by atoms with Gasteiger partial charge in [0.05, 0.1) is 13.7 Å². The van der Waals surface area contributed by atoms with E-state index in [0.717, 1.165) is 6.42 Å². The summed E-state index contributed by atoms with van der Waals surface area (Å²) in [4.78, 5) is 11.9. The molecule has 1 aliphatic carbocycles. The molecular weight excluding hydrogens is 348 g/mol. The van der Waals surface area contributed by atoms with Crippen molar-refractivity contribution in [3.05, 3.63) is 0 Å². The van der Waals surface area contributed by atoms with Gasteiger partial charge in [-0.3, -0.25) is 0 Å². The molecule has 0 aromatic heterocycles. The average molecular weight is 395 g/mol. The van der Waals surface area contributed by atoms with Gasteiger partial charge < -0.3 is 9.47 Å². The Morgan fingerprint density at radius 1 is 0.786 bits per heavy atom. The van der Waals surface area contributed by atoms with E-state index >= 15 is 0 Å². The first-order chi connectivity index (χ1) is 13.7. The van der Waals surface area contributed by atoms with Crippen LogP contribution in [0.2, 0.25) is 0 Å². The van der Waals surface area contributed by atoms with Gasteiger partial charge in [-0.2, -0.15) is 0 Å². The molecule has 2 fully saturated rings. The van der Waals surface area contributed by atoms with E-state index in [0.29, 0.717) is 12.0 Å². The van der Waals surface area contributed by atoms with E-state index in [-0.39, 0.29) is 5.97 Å². The van der Waals surface area contributed by atoms with Crippen molar-refractivity contribution < 1.29 is 14.3 Å². The summed E-state index contributed by atoms with van der Waals surface area (Å²) in [6.07, 6.45) is 25.9. The predicted octanol–water partition coefficient (Wildman–Crippen LogP) is 7.36. The van der Waals surface area contributed by atoms with Crippen molar-refractivity contribution in [3.63, 3.8) is 0 Å². The standard InChI is InChI=1S/C25H46O3/c1-3-4-5-6-7-8-9-10-11-12-13-14-15-16-17-18-24(19-20-24)21-25(22-28-25)23(26)27-2/h3-22H2,1-2H3. The maximum atomic E-state index is 11.9. The molecule has 1 saturated carbocycles. The van der Waals surface area contributed by atoms with E-state index in [9.17, 15) is 4.79 Å². The highest BCUT2D eigenvalue weighted by Crippen LogP contribution is 2.58. The van der Waals surface area contributed by atoms with Crippen LogP contribution in [-0.2, 0) is 14.3 Å². The molecule has 1 aliphatic heterocycles. The zero-order chi connectivity index (χ0) is 20.1. The van der Waals surface area contributed by atoms with E-state index in [1.807, 2.05) is 0 Å². The molecule has 1 heterocycles.